The van der Waals surface area contributed by atoms with Crippen molar-refractivity contribution < 1.29 is 23.7 Å². The van der Waals surface area contributed by atoms with Crippen LogP contribution >= 0.6 is 23.2 Å². The van der Waals surface area contributed by atoms with E-state index in [-0.39, 0.29) is 27.8 Å². The Bertz CT molecular complexity index is 1600. The zero-order valence-electron chi connectivity index (χ0n) is 23.4. The van der Waals surface area contributed by atoms with Gasteiger partial charge in [-0.05, 0) is 12.1 Å². The molecule has 0 unspecified atom stereocenters. The Labute approximate surface area is 252 Å². The summed E-state index contributed by atoms with van der Waals surface area (Å²) in [5.41, 5.74) is 2.78. The number of aromatic nitrogens is 5. The van der Waals surface area contributed by atoms with E-state index in [1.165, 1.54) is 20.3 Å². The molecule has 0 radical (unpaired) electrons. The van der Waals surface area contributed by atoms with Gasteiger partial charge in [0.05, 0.1) is 68.6 Å². The first kappa shape index (κ1) is 29.7. The van der Waals surface area contributed by atoms with Crippen molar-refractivity contribution in [1.29, 1.82) is 0 Å². The van der Waals surface area contributed by atoms with Crippen LogP contribution in [0, 0.1) is 5.92 Å². The number of anilines is 1. The topological polar surface area (TPSA) is 123 Å². The lowest BCUT2D eigenvalue weighted by Crippen LogP contribution is -2.30. The number of rotatable bonds is 12. The molecular formula is C29H30Cl2N6O5. The highest BCUT2D eigenvalue weighted by molar-refractivity contribution is 6.41. The standard InChI is InChI=1S/C29H30Cl2N6O5/c1-5-19(38)8-17-14-42-15-21(17)35-29-32-11-16-9-20(24-25(30)22(40-3)10-23(41-4)26(24)31)34-28(27(16)36-29)18-12-33-37(13-18)6-7-39-2/h5,9-13,17,21H,1,6-8,14-15H2,2-4H3,(H,32,35,36)/t17-,21+/m0/s1. The molecule has 4 heterocycles. The molecule has 1 fully saturated rings. The Balaban J connectivity index is 1.63. The summed E-state index contributed by atoms with van der Waals surface area (Å²) in [7, 11) is 4.67. The Hall–Kier alpha value is -3.77. The van der Waals surface area contributed by atoms with Crippen LogP contribution in [0.2, 0.25) is 10.0 Å². The molecule has 1 aromatic carbocycles. The molecule has 0 spiro atoms. The third kappa shape index (κ3) is 6.05. The van der Waals surface area contributed by atoms with Gasteiger partial charge in [-0.25, -0.2) is 15.0 Å². The van der Waals surface area contributed by atoms with Crippen molar-refractivity contribution in [3.05, 3.63) is 53.4 Å². The monoisotopic (exact) mass is 612 g/mol. The van der Waals surface area contributed by atoms with Crippen molar-refractivity contribution in [2.24, 2.45) is 5.92 Å². The molecule has 1 aliphatic heterocycles. The molecule has 5 rings (SSSR count). The minimum atomic E-state index is -0.138. The summed E-state index contributed by atoms with van der Waals surface area (Å²) in [5, 5.41) is 9.09. The second kappa shape index (κ2) is 13.0. The third-order valence-corrected chi connectivity index (χ3v) is 7.78. The maximum absolute atomic E-state index is 12.0. The van der Waals surface area contributed by atoms with Gasteiger partial charge in [-0.2, -0.15) is 5.10 Å². The van der Waals surface area contributed by atoms with Crippen LogP contribution in [0.3, 0.4) is 0 Å². The van der Waals surface area contributed by atoms with Crippen LogP contribution in [0.5, 0.6) is 11.5 Å². The van der Waals surface area contributed by atoms with E-state index in [1.54, 1.807) is 30.3 Å². The van der Waals surface area contributed by atoms with Crippen LogP contribution in [-0.4, -0.2) is 77.7 Å². The first-order valence-corrected chi connectivity index (χ1v) is 13.9. The molecule has 42 heavy (non-hydrogen) atoms. The van der Waals surface area contributed by atoms with E-state index in [0.29, 0.717) is 78.1 Å². The number of nitrogens with one attached hydrogen (secondary N) is 1. The fourth-order valence-corrected chi connectivity index (χ4v) is 5.50. The van der Waals surface area contributed by atoms with Crippen molar-refractivity contribution in [3.8, 4) is 34.0 Å². The van der Waals surface area contributed by atoms with E-state index in [4.69, 9.17) is 52.1 Å². The maximum atomic E-state index is 12.0. The fraction of sp³-hybridized carbons (Fsp3) is 0.345. The maximum Gasteiger partial charge on any atom is 0.223 e. The minimum Gasteiger partial charge on any atom is -0.495 e. The largest absolute Gasteiger partial charge is 0.495 e. The highest BCUT2D eigenvalue weighted by Crippen LogP contribution is 2.46. The number of carbonyl (C=O) groups excluding carboxylic acids is 1. The van der Waals surface area contributed by atoms with Crippen molar-refractivity contribution in [2.45, 2.75) is 19.0 Å². The van der Waals surface area contributed by atoms with Gasteiger partial charge in [0.2, 0.25) is 5.95 Å². The zero-order chi connectivity index (χ0) is 29.8. The average molecular weight is 614 g/mol. The van der Waals surface area contributed by atoms with Crippen LogP contribution in [0.15, 0.2) is 43.4 Å². The summed E-state index contributed by atoms with van der Waals surface area (Å²) in [6.45, 7) is 5.53. The van der Waals surface area contributed by atoms with E-state index in [2.05, 4.69) is 22.0 Å². The van der Waals surface area contributed by atoms with E-state index < -0.39 is 0 Å². The van der Waals surface area contributed by atoms with Crippen LogP contribution < -0.4 is 14.8 Å². The number of nitrogens with zero attached hydrogens (tertiary/aromatic N) is 5. The molecule has 1 saturated heterocycles. The second-order valence-corrected chi connectivity index (χ2v) is 10.4. The number of pyridine rings is 1. The summed E-state index contributed by atoms with van der Waals surface area (Å²) in [5.74, 6) is 1.11. The van der Waals surface area contributed by atoms with Gasteiger partial charge >= 0.3 is 0 Å². The number of methoxy groups -OCH3 is 3. The number of ketones is 1. The Kier molecular flexibility index (Phi) is 9.22. The van der Waals surface area contributed by atoms with Gasteiger partial charge in [0.15, 0.2) is 5.78 Å². The third-order valence-electron chi connectivity index (χ3n) is 7.03. The smallest absolute Gasteiger partial charge is 0.223 e. The lowest BCUT2D eigenvalue weighted by atomic mass is 9.97. The summed E-state index contributed by atoms with van der Waals surface area (Å²) in [6, 6.07) is 3.30. The van der Waals surface area contributed by atoms with Gasteiger partial charge in [0.25, 0.3) is 0 Å². The summed E-state index contributed by atoms with van der Waals surface area (Å²) < 4.78 is 23.6. The highest BCUT2D eigenvalue weighted by Gasteiger charge is 2.30. The summed E-state index contributed by atoms with van der Waals surface area (Å²) in [6.07, 6.45) is 6.95. The molecule has 13 heteroatoms. The Morgan fingerprint density at radius 1 is 1.14 bits per heavy atom. The fourth-order valence-electron chi connectivity index (χ4n) is 4.81. The van der Waals surface area contributed by atoms with Crippen molar-refractivity contribution >= 4 is 45.8 Å². The normalized spacial score (nSPS) is 16.5. The number of allylic oxidation sites excluding steroid dienone is 1. The summed E-state index contributed by atoms with van der Waals surface area (Å²) in [4.78, 5) is 26.4. The number of hydrogen-bond acceptors (Lipinski definition) is 10. The lowest BCUT2D eigenvalue weighted by molar-refractivity contribution is -0.115. The number of benzene rings is 1. The number of hydrogen-bond donors (Lipinski definition) is 1. The van der Waals surface area contributed by atoms with Gasteiger partial charge in [-0.15, -0.1) is 0 Å². The predicted octanol–water partition coefficient (Wildman–Crippen LogP) is 5.10. The molecule has 11 nitrogen and oxygen atoms in total. The Morgan fingerprint density at radius 3 is 2.60 bits per heavy atom. The van der Waals surface area contributed by atoms with Crippen molar-refractivity contribution in [3.63, 3.8) is 0 Å². The molecule has 0 amide bonds. The average Bonchev–Trinajstić information content (AvgIpc) is 3.65. The first-order valence-electron chi connectivity index (χ1n) is 13.2. The zero-order valence-corrected chi connectivity index (χ0v) is 24.9. The molecule has 1 N–H and O–H groups in total. The van der Waals surface area contributed by atoms with E-state index >= 15 is 0 Å². The van der Waals surface area contributed by atoms with E-state index in [9.17, 15) is 4.79 Å². The molecule has 220 valence electrons. The molecule has 3 aromatic heterocycles. The molecule has 1 aliphatic rings. The van der Waals surface area contributed by atoms with E-state index in [1.807, 2.05) is 12.3 Å². The van der Waals surface area contributed by atoms with Gasteiger partial charge in [-0.1, -0.05) is 29.8 Å². The van der Waals surface area contributed by atoms with Gasteiger partial charge in [0, 0.05) is 54.4 Å². The predicted molar refractivity (Wildman–Crippen MR) is 161 cm³/mol. The second-order valence-electron chi connectivity index (χ2n) is 9.68. The lowest BCUT2D eigenvalue weighted by Gasteiger charge is -2.19. The summed E-state index contributed by atoms with van der Waals surface area (Å²) >= 11 is 13.5. The first-order chi connectivity index (χ1) is 20.4. The van der Waals surface area contributed by atoms with Gasteiger partial charge in [0.1, 0.15) is 22.7 Å². The quantitative estimate of drug-likeness (QED) is 0.216. The number of fused-ring (bicyclic) bond motifs is 1. The SMILES string of the molecule is C=CC(=O)C[C@H]1COC[C@H]1Nc1ncc2cc(-c3c(Cl)c(OC)cc(OC)c3Cl)nc(-c3cnn(CCOC)c3)c2n1. The number of carbonyl (C=O) groups is 1. The highest BCUT2D eigenvalue weighted by atomic mass is 35.5. The molecule has 0 saturated carbocycles. The van der Waals surface area contributed by atoms with Crippen LogP contribution in [0.25, 0.3) is 33.4 Å². The van der Waals surface area contributed by atoms with Crippen molar-refractivity contribution in [1.82, 2.24) is 24.7 Å². The number of ether oxygens (including phenoxy) is 4. The molecule has 0 aliphatic carbocycles. The minimum absolute atomic E-state index is 0.0268. The number of halogens is 2. The molecule has 2 atom stereocenters. The molecule has 4 aromatic rings. The van der Waals surface area contributed by atoms with E-state index in [0.717, 1.165) is 5.56 Å². The van der Waals surface area contributed by atoms with Gasteiger partial charge < -0.3 is 24.3 Å². The molecular weight excluding hydrogens is 583 g/mol. The molecule has 0 bridgehead atoms. The van der Waals surface area contributed by atoms with Crippen molar-refractivity contribution in [2.75, 3.05) is 46.5 Å². The van der Waals surface area contributed by atoms with Crippen LogP contribution in [0.4, 0.5) is 5.95 Å². The van der Waals surface area contributed by atoms with Crippen LogP contribution in [0.1, 0.15) is 6.42 Å². The van der Waals surface area contributed by atoms with Gasteiger partial charge in [-0.3, -0.25) is 9.48 Å². The van der Waals surface area contributed by atoms with Crippen LogP contribution in [-0.2, 0) is 20.8 Å². The Morgan fingerprint density at radius 2 is 1.90 bits per heavy atom.